The van der Waals surface area contributed by atoms with Crippen molar-refractivity contribution in [3.8, 4) is 0 Å². The second-order valence-electron chi connectivity index (χ2n) is 5.16. The molecule has 0 fully saturated rings. The SMILES string of the molecule is Cc1cc(C)c(C(N)c2c(C)nn(C)c2C)c(F)c1. The molecule has 0 saturated carbocycles. The Morgan fingerprint density at radius 1 is 1.16 bits per heavy atom. The predicted molar refractivity (Wildman–Crippen MR) is 74.6 cm³/mol. The largest absolute Gasteiger partial charge is 0.320 e. The molecule has 4 heteroatoms. The number of hydrogen-bond acceptors (Lipinski definition) is 2. The second-order valence-corrected chi connectivity index (χ2v) is 5.16. The van der Waals surface area contributed by atoms with E-state index >= 15 is 0 Å². The summed E-state index contributed by atoms with van der Waals surface area (Å²) in [6, 6.07) is 3.01. The van der Waals surface area contributed by atoms with E-state index in [0.29, 0.717) is 5.56 Å². The van der Waals surface area contributed by atoms with Gasteiger partial charge in [0.05, 0.1) is 11.7 Å². The van der Waals surface area contributed by atoms with Crippen LogP contribution in [0.15, 0.2) is 12.1 Å². The first-order valence-corrected chi connectivity index (χ1v) is 6.35. The minimum Gasteiger partial charge on any atom is -0.320 e. The Hall–Kier alpha value is -1.68. The molecule has 2 N–H and O–H groups in total. The molecule has 102 valence electrons. The first-order valence-electron chi connectivity index (χ1n) is 6.35. The third-order valence-corrected chi connectivity index (χ3v) is 3.67. The summed E-state index contributed by atoms with van der Waals surface area (Å²) in [7, 11) is 1.87. The molecule has 1 aromatic carbocycles. The van der Waals surface area contributed by atoms with Crippen molar-refractivity contribution in [2.24, 2.45) is 12.8 Å². The van der Waals surface area contributed by atoms with Crippen LogP contribution in [0.5, 0.6) is 0 Å². The summed E-state index contributed by atoms with van der Waals surface area (Å²) in [5, 5.41) is 4.35. The third-order valence-electron chi connectivity index (χ3n) is 3.67. The van der Waals surface area contributed by atoms with Crippen LogP contribution in [0.1, 0.15) is 39.7 Å². The highest BCUT2D eigenvalue weighted by Crippen LogP contribution is 2.29. The molecule has 0 aliphatic heterocycles. The molecular weight excluding hydrogens is 241 g/mol. The average molecular weight is 261 g/mol. The van der Waals surface area contributed by atoms with Crippen LogP contribution in [0.25, 0.3) is 0 Å². The van der Waals surface area contributed by atoms with Crippen LogP contribution in [0.2, 0.25) is 0 Å². The fourth-order valence-corrected chi connectivity index (χ4v) is 2.71. The highest BCUT2D eigenvalue weighted by atomic mass is 19.1. The number of nitrogens with zero attached hydrogens (tertiary/aromatic N) is 2. The Morgan fingerprint density at radius 2 is 1.79 bits per heavy atom. The summed E-state index contributed by atoms with van der Waals surface area (Å²) in [4.78, 5) is 0. The Labute approximate surface area is 113 Å². The van der Waals surface area contributed by atoms with Crippen molar-refractivity contribution < 1.29 is 4.39 Å². The van der Waals surface area contributed by atoms with Crippen molar-refractivity contribution in [1.82, 2.24) is 9.78 Å². The van der Waals surface area contributed by atoms with Gasteiger partial charge in [-0.15, -0.1) is 0 Å². The number of halogens is 1. The van der Waals surface area contributed by atoms with Crippen molar-refractivity contribution in [2.45, 2.75) is 33.7 Å². The van der Waals surface area contributed by atoms with Gasteiger partial charge in [-0.05, 0) is 44.9 Å². The van der Waals surface area contributed by atoms with Gasteiger partial charge >= 0.3 is 0 Å². The van der Waals surface area contributed by atoms with E-state index in [2.05, 4.69) is 5.10 Å². The first kappa shape index (κ1) is 13.7. The molecular formula is C15H20FN3. The van der Waals surface area contributed by atoms with Gasteiger partial charge in [-0.2, -0.15) is 5.10 Å². The topological polar surface area (TPSA) is 43.8 Å². The van der Waals surface area contributed by atoms with Crippen LogP contribution in [0.3, 0.4) is 0 Å². The van der Waals surface area contributed by atoms with Gasteiger partial charge in [0.2, 0.25) is 0 Å². The molecule has 0 radical (unpaired) electrons. The van der Waals surface area contributed by atoms with Gasteiger partial charge in [-0.1, -0.05) is 6.07 Å². The van der Waals surface area contributed by atoms with Gasteiger partial charge in [-0.25, -0.2) is 4.39 Å². The van der Waals surface area contributed by atoms with Crippen LogP contribution in [-0.2, 0) is 7.05 Å². The number of rotatable bonds is 2. The molecule has 19 heavy (non-hydrogen) atoms. The molecule has 0 aliphatic carbocycles. The summed E-state index contributed by atoms with van der Waals surface area (Å²) in [6.45, 7) is 7.64. The smallest absolute Gasteiger partial charge is 0.128 e. The Kier molecular flexibility index (Phi) is 3.45. The van der Waals surface area contributed by atoms with Gasteiger partial charge in [0.1, 0.15) is 5.82 Å². The summed E-state index contributed by atoms with van der Waals surface area (Å²) >= 11 is 0. The minimum atomic E-state index is -0.478. The van der Waals surface area contributed by atoms with E-state index in [9.17, 15) is 4.39 Å². The monoisotopic (exact) mass is 261 g/mol. The minimum absolute atomic E-state index is 0.243. The number of hydrogen-bond donors (Lipinski definition) is 1. The summed E-state index contributed by atoms with van der Waals surface area (Å²) in [6.07, 6.45) is 0. The maximum Gasteiger partial charge on any atom is 0.128 e. The van der Waals surface area contributed by atoms with E-state index in [-0.39, 0.29) is 5.82 Å². The highest BCUT2D eigenvalue weighted by Gasteiger charge is 2.22. The molecule has 0 bridgehead atoms. The van der Waals surface area contributed by atoms with Crippen molar-refractivity contribution in [3.05, 3.63) is 51.6 Å². The van der Waals surface area contributed by atoms with Gasteiger partial charge in [0.15, 0.2) is 0 Å². The maximum atomic E-state index is 14.2. The van der Waals surface area contributed by atoms with E-state index in [1.54, 1.807) is 4.68 Å². The van der Waals surface area contributed by atoms with Gasteiger partial charge in [-0.3, -0.25) is 4.68 Å². The molecule has 2 rings (SSSR count). The normalized spacial score (nSPS) is 12.8. The summed E-state index contributed by atoms with van der Waals surface area (Å²) < 4.78 is 16.0. The lowest BCUT2D eigenvalue weighted by molar-refractivity contribution is 0.595. The molecule has 0 aliphatic rings. The highest BCUT2D eigenvalue weighted by molar-refractivity contribution is 5.42. The predicted octanol–water partition coefficient (Wildman–Crippen LogP) is 2.84. The van der Waals surface area contributed by atoms with Crippen molar-refractivity contribution >= 4 is 0 Å². The zero-order chi connectivity index (χ0) is 14.3. The standard InChI is InChI=1S/C15H20FN3/c1-8-6-9(2)13(12(16)7-8)15(17)14-10(3)18-19(5)11(14)4/h6-7,15H,17H2,1-5H3. The lowest BCUT2D eigenvalue weighted by atomic mass is 9.93. The molecule has 1 atom stereocenters. The van der Waals surface area contributed by atoms with Gasteiger partial charge in [0, 0.05) is 23.9 Å². The van der Waals surface area contributed by atoms with E-state index in [0.717, 1.165) is 28.1 Å². The van der Waals surface area contributed by atoms with Crippen LogP contribution in [-0.4, -0.2) is 9.78 Å². The Morgan fingerprint density at radius 3 is 2.26 bits per heavy atom. The van der Waals surface area contributed by atoms with Gasteiger partial charge < -0.3 is 5.73 Å². The number of nitrogens with two attached hydrogens (primary N) is 1. The number of aromatic nitrogens is 2. The summed E-state index contributed by atoms with van der Waals surface area (Å²) in [5.41, 5.74) is 11.4. The van der Waals surface area contributed by atoms with Crippen LogP contribution < -0.4 is 5.73 Å². The van der Waals surface area contributed by atoms with E-state index < -0.39 is 6.04 Å². The van der Waals surface area contributed by atoms with Crippen molar-refractivity contribution in [1.29, 1.82) is 0 Å². The first-order chi connectivity index (χ1) is 8.82. The Balaban J connectivity index is 2.59. The van der Waals surface area contributed by atoms with Crippen molar-refractivity contribution in [3.63, 3.8) is 0 Å². The van der Waals surface area contributed by atoms with E-state index in [1.165, 1.54) is 6.07 Å². The zero-order valence-corrected chi connectivity index (χ0v) is 12.1. The average Bonchev–Trinajstić information content (AvgIpc) is 2.51. The number of aryl methyl sites for hydroxylation is 4. The fraction of sp³-hybridized carbons (Fsp3) is 0.400. The van der Waals surface area contributed by atoms with E-state index in [4.69, 9.17) is 5.73 Å². The van der Waals surface area contributed by atoms with Crippen LogP contribution in [0.4, 0.5) is 4.39 Å². The molecule has 0 saturated heterocycles. The quantitative estimate of drug-likeness (QED) is 0.903. The van der Waals surface area contributed by atoms with Crippen LogP contribution >= 0.6 is 0 Å². The molecule has 1 aromatic heterocycles. The second kappa shape index (κ2) is 4.78. The maximum absolute atomic E-state index is 14.2. The lowest BCUT2D eigenvalue weighted by Crippen LogP contribution is -2.17. The fourth-order valence-electron chi connectivity index (χ4n) is 2.71. The molecule has 1 unspecified atom stereocenters. The van der Waals surface area contributed by atoms with Gasteiger partial charge in [0.25, 0.3) is 0 Å². The molecule has 0 amide bonds. The molecule has 1 heterocycles. The van der Waals surface area contributed by atoms with Crippen LogP contribution in [0, 0.1) is 33.5 Å². The third kappa shape index (κ3) is 2.28. The van der Waals surface area contributed by atoms with Crippen molar-refractivity contribution in [2.75, 3.05) is 0 Å². The lowest BCUT2D eigenvalue weighted by Gasteiger charge is -2.17. The number of benzene rings is 1. The van der Waals surface area contributed by atoms with E-state index in [1.807, 2.05) is 40.8 Å². The summed E-state index contributed by atoms with van der Waals surface area (Å²) in [5.74, 6) is -0.243. The zero-order valence-electron chi connectivity index (χ0n) is 12.1. The molecule has 3 nitrogen and oxygen atoms in total. The molecule has 0 spiro atoms. The Bertz CT molecular complexity index is 606. The molecule has 2 aromatic rings.